The van der Waals surface area contributed by atoms with E-state index >= 15 is 4.39 Å². The largest absolute Gasteiger partial charge is 0.511 e. The predicted molar refractivity (Wildman–Crippen MR) is 146 cm³/mol. The summed E-state index contributed by atoms with van der Waals surface area (Å²) in [5.74, 6) is 3.33. The van der Waals surface area contributed by atoms with Gasteiger partial charge in [0.2, 0.25) is 11.7 Å². The van der Waals surface area contributed by atoms with E-state index < -0.39 is 29.7 Å². The van der Waals surface area contributed by atoms with E-state index in [1.807, 2.05) is 18.9 Å². The molecule has 2 aromatic rings. The Balaban J connectivity index is 1.56. The van der Waals surface area contributed by atoms with Gasteiger partial charge in [-0.25, -0.2) is 14.0 Å². The van der Waals surface area contributed by atoms with Crippen molar-refractivity contribution >= 4 is 28.7 Å². The van der Waals surface area contributed by atoms with Gasteiger partial charge in [-0.15, -0.1) is 24.7 Å². The molecule has 1 saturated heterocycles. The fourth-order valence-corrected chi connectivity index (χ4v) is 4.80. The van der Waals surface area contributed by atoms with Crippen molar-refractivity contribution in [3.05, 3.63) is 33.9 Å². The highest BCUT2D eigenvalue weighted by atomic mass is 19.1. The third kappa shape index (κ3) is 6.00. The first-order valence-corrected chi connectivity index (χ1v) is 13.0. The summed E-state index contributed by atoms with van der Waals surface area (Å²) >= 11 is 0. The van der Waals surface area contributed by atoms with E-state index in [9.17, 15) is 14.4 Å². The SMILES string of the molecule is C#CCC(CC#C)COC(=O)OC(C)OC(=O)c1cn2c3c(c(N4CCN(C)CC4)c(F)cc3c1=O)OC[C@@H]2C. The summed E-state index contributed by atoms with van der Waals surface area (Å²) in [6.45, 7) is 6.05. The van der Waals surface area contributed by atoms with Gasteiger partial charge in [-0.1, -0.05) is 0 Å². The van der Waals surface area contributed by atoms with Crippen LogP contribution in [0.2, 0.25) is 0 Å². The van der Waals surface area contributed by atoms with Crippen LogP contribution in [0.25, 0.3) is 10.9 Å². The third-order valence-corrected chi connectivity index (χ3v) is 6.97. The number of benzene rings is 1. The Morgan fingerprint density at radius 3 is 2.50 bits per heavy atom. The molecule has 3 heterocycles. The summed E-state index contributed by atoms with van der Waals surface area (Å²) in [5.41, 5.74) is -0.327. The number of ether oxygens (including phenoxy) is 4. The maximum atomic E-state index is 15.5. The van der Waals surface area contributed by atoms with Crippen molar-refractivity contribution in [1.29, 1.82) is 0 Å². The minimum Gasteiger partial charge on any atom is -0.487 e. The number of pyridine rings is 1. The second kappa shape index (κ2) is 12.3. The van der Waals surface area contributed by atoms with Crippen molar-refractivity contribution in [3.8, 4) is 30.4 Å². The van der Waals surface area contributed by atoms with Crippen LogP contribution in [0.1, 0.15) is 43.1 Å². The van der Waals surface area contributed by atoms with E-state index in [1.54, 1.807) is 4.57 Å². The second-order valence-corrected chi connectivity index (χ2v) is 10.00. The van der Waals surface area contributed by atoms with Crippen molar-refractivity contribution in [2.45, 2.75) is 39.0 Å². The maximum absolute atomic E-state index is 15.5. The molecule has 1 aromatic heterocycles. The van der Waals surface area contributed by atoms with E-state index in [2.05, 4.69) is 16.7 Å². The normalized spacial score (nSPS) is 17.5. The first-order valence-electron chi connectivity index (χ1n) is 13.0. The van der Waals surface area contributed by atoms with E-state index in [-0.39, 0.29) is 41.9 Å². The van der Waals surface area contributed by atoms with Crippen LogP contribution in [0.15, 0.2) is 17.1 Å². The van der Waals surface area contributed by atoms with Gasteiger partial charge in [-0.3, -0.25) is 4.79 Å². The molecule has 0 radical (unpaired) electrons. The molecular formula is C29H32FN3O7. The molecular weight excluding hydrogens is 521 g/mol. The van der Waals surface area contributed by atoms with Crippen molar-refractivity contribution < 1.29 is 32.9 Å². The predicted octanol–water partition coefficient (Wildman–Crippen LogP) is 3.16. The Bertz CT molecular complexity index is 1420. The molecule has 1 fully saturated rings. The van der Waals surface area contributed by atoms with Crippen molar-refractivity contribution in [2.24, 2.45) is 5.92 Å². The number of esters is 1. The van der Waals surface area contributed by atoms with Crippen LogP contribution < -0.4 is 15.1 Å². The molecule has 0 aliphatic carbocycles. The Morgan fingerprint density at radius 2 is 1.85 bits per heavy atom. The number of terminal acetylenes is 2. The van der Waals surface area contributed by atoms with Gasteiger partial charge in [0.25, 0.3) is 0 Å². The number of aromatic nitrogens is 1. The molecule has 0 amide bonds. The monoisotopic (exact) mass is 553 g/mol. The number of carbonyl (C=O) groups is 2. The molecule has 0 saturated carbocycles. The summed E-state index contributed by atoms with van der Waals surface area (Å²) in [7, 11) is 2.00. The lowest BCUT2D eigenvalue weighted by Crippen LogP contribution is -2.45. The van der Waals surface area contributed by atoms with Gasteiger partial charge in [0, 0.05) is 58.1 Å². The van der Waals surface area contributed by atoms with E-state index in [0.29, 0.717) is 37.1 Å². The molecule has 0 bridgehead atoms. The lowest BCUT2D eigenvalue weighted by Gasteiger charge is -2.37. The fraction of sp³-hybridized carbons (Fsp3) is 0.483. The van der Waals surface area contributed by atoms with Crippen LogP contribution in [0.4, 0.5) is 14.9 Å². The molecule has 40 heavy (non-hydrogen) atoms. The molecule has 0 spiro atoms. The van der Waals surface area contributed by atoms with E-state index in [1.165, 1.54) is 13.1 Å². The molecule has 11 heteroatoms. The first kappa shape index (κ1) is 28.8. The number of nitrogens with zero attached hydrogens (tertiary/aromatic N) is 3. The Labute approximate surface area is 231 Å². The summed E-state index contributed by atoms with van der Waals surface area (Å²) in [6, 6.07) is 0.888. The van der Waals surface area contributed by atoms with Gasteiger partial charge in [-0.05, 0) is 20.0 Å². The zero-order valence-electron chi connectivity index (χ0n) is 22.8. The quantitative estimate of drug-likeness (QED) is 0.277. The van der Waals surface area contributed by atoms with Crippen LogP contribution >= 0.6 is 0 Å². The highest BCUT2D eigenvalue weighted by molar-refractivity contribution is 5.98. The van der Waals surface area contributed by atoms with Crippen molar-refractivity contribution in [2.75, 3.05) is 51.3 Å². The lowest BCUT2D eigenvalue weighted by molar-refractivity contribution is -0.0838. The number of anilines is 1. The zero-order chi connectivity index (χ0) is 29.0. The van der Waals surface area contributed by atoms with Crippen LogP contribution in [0.5, 0.6) is 5.75 Å². The number of halogens is 1. The first-order chi connectivity index (χ1) is 19.1. The highest BCUT2D eigenvalue weighted by Crippen LogP contribution is 2.42. The molecule has 1 aromatic carbocycles. The minimum atomic E-state index is -1.37. The number of likely N-dealkylation sites (N-methyl/N-ethyl adjacent to an activating group) is 1. The van der Waals surface area contributed by atoms with E-state index in [0.717, 1.165) is 19.2 Å². The van der Waals surface area contributed by atoms with Crippen LogP contribution in [-0.4, -0.2) is 74.3 Å². The van der Waals surface area contributed by atoms with Gasteiger partial charge < -0.3 is 33.3 Å². The third-order valence-electron chi connectivity index (χ3n) is 6.97. The number of rotatable bonds is 8. The summed E-state index contributed by atoms with van der Waals surface area (Å²) < 4.78 is 38.4. The van der Waals surface area contributed by atoms with Crippen molar-refractivity contribution in [1.82, 2.24) is 9.47 Å². The van der Waals surface area contributed by atoms with Gasteiger partial charge >= 0.3 is 12.1 Å². The average molecular weight is 554 g/mol. The molecule has 2 atom stereocenters. The fourth-order valence-electron chi connectivity index (χ4n) is 4.80. The minimum absolute atomic E-state index is 0.00701. The van der Waals surface area contributed by atoms with Gasteiger partial charge in [0.05, 0.1) is 23.6 Å². The molecule has 0 N–H and O–H groups in total. The molecule has 4 rings (SSSR count). The Hall–Kier alpha value is -4.22. The van der Waals surface area contributed by atoms with Gasteiger partial charge in [0.15, 0.2) is 11.6 Å². The van der Waals surface area contributed by atoms with Gasteiger partial charge in [0.1, 0.15) is 17.9 Å². The molecule has 2 aliphatic heterocycles. The zero-order valence-corrected chi connectivity index (χ0v) is 22.8. The summed E-state index contributed by atoms with van der Waals surface area (Å²) in [5, 5.41) is -0.00701. The van der Waals surface area contributed by atoms with Crippen LogP contribution in [0.3, 0.4) is 0 Å². The van der Waals surface area contributed by atoms with Crippen LogP contribution in [-0.2, 0) is 14.2 Å². The van der Waals surface area contributed by atoms with Crippen LogP contribution in [0, 0.1) is 36.4 Å². The average Bonchev–Trinajstić information content (AvgIpc) is 2.91. The standard InChI is InChI=1S/C29H32FN3O7/c1-6-8-20(9-7-2)17-38-29(36)40-19(4)39-28(35)22-15-33-18(3)16-37-27-24(33)21(26(22)34)14-23(30)25(27)32-12-10-31(5)11-13-32/h1-2,14-15,18-20H,8-13,16-17H2,3-5H3/t18-,19?/m0/s1. The molecule has 1 unspecified atom stereocenters. The number of piperazine rings is 1. The number of hydrogen-bond acceptors (Lipinski definition) is 9. The smallest absolute Gasteiger partial charge is 0.487 e. The highest BCUT2D eigenvalue weighted by Gasteiger charge is 2.32. The van der Waals surface area contributed by atoms with E-state index in [4.69, 9.17) is 31.8 Å². The lowest BCUT2D eigenvalue weighted by atomic mass is 10.0. The topological polar surface area (TPSA) is 99.5 Å². The molecule has 2 aliphatic rings. The molecule has 10 nitrogen and oxygen atoms in total. The van der Waals surface area contributed by atoms with Gasteiger partial charge in [-0.2, -0.15) is 0 Å². The summed E-state index contributed by atoms with van der Waals surface area (Å²) in [6.07, 6.45) is 10.1. The second-order valence-electron chi connectivity index (χ2n) is 10.00. The summed E-state index contributed by atoms with van der Waals surface area (Å²) in [4.78, 5) is 42.5. The number of carbonyl (C=O) groups excluding carboxylic acids is 2. The number of hydrogen-bond donors (Lipinski definition) is 0. The van der Waals surface area contributed by atoms with Crippen molar-refractivity contribution in [3.63, 3.8) is 0 Å². The molecule has 212 valence electrons. The Morgan fingerprint density at radius 1 is 1.18 bits per heavy atom. The maximum Gasteiger partial charge on any atom is 0.511 e. The Kier molecular flexibility index (Phi) is 8.86.